The van der Waals surface area contributed by atoms with Crippen molar-refractivity contribution < 1.29 is 19.8 Å². The molecule has 0 aromatic heterocycles. The SMILES string of the molecule is CC(=O)O.CCCCCC(C)C(O)C(N)=O. The van der Waals surface area contributed by atoms with Crippen LogP contribution >= 0.6 is 0 Å². The standard InChI is InChI=1S/C9H19NO2.C2H4O2/c1-3-4-5-6-7(2)8(11)9(10)12;1-2(3)4/h7-8,11H,3-6H2,1-2H3,(H2,10,12);1H3,(H,3,4). The summed E-state index contributed by atoms with van der Waals surface area (Å²) in [5.74, 6) is -1.45. The first-order valence-electron chi connectivity index (χ1n) is 5.49. The maximum atomic E-state index is 10.5. The van der Waals surface area contributed by atoms with Gasteiger partial charge in [0.1, 0.15) is 6.10 Å². The predicted octanol–water partition coefficient (Wildman–Crippen LogP) is 1.14. The molecular weight excluding hydrogens is 210 g/mol. The summed E-state index contributed by atoms with van der Waals surface area (Å²) in [5.41, 5.74) is 4.95. The van der Waals surface area contributed by atoms with Crippen LogP contribution < -0.4 is 5.73 Å². The van der Waals surface area contributed by atoms with Gasteiger partial charge in [0.05, 0.1) is 0 Å². The summed E-state index contributed by atoms with van der Waals surface area (Å²) in [5, 5.41) is 16.6. The van der Waals surface area contributed by atoms with Crippen molar-refractivity contribution in [1.29, 1.82) is 0 Å². The third-order valence-electron chi connectivity index (χ3n) is 2.09. The van der Waals surface area contributed by atoms with Crippen LogP contribution in [0.3, 0.4) is 0 Å². The second-order valence-corrected chi connectivity index (χ2v) is 3.84. The Labute approximate surface area is 96.6 Å². The van der Waals surface area contributed by atoms with E-state index in [0.717, 1.165) is 32.6 Å². The highest BCUT2D eigenvalue weighted by atomic mass is 16.4. The van der Waals surface area contributed by atoms with Crippen LogP contribution in [0.2, 0.25) is 0 Å². The maximum absolute atomic E-state index is 10.5. The molecule has 96 valence electrons. The molecule has 0 aromatic rings. The first kappa shape index (κ1) is 17.3. The number of carboxylic acids is 1. The monoisotopic (exact) mass is 233 g/mol. The largest absolute Gasteiger partial charge is 0.481 e. The quantitative estimate of drug-likeness (QED) is 0.599. The Morgan fingerprint density at radius 1 is 1.31 bits per heavy atom. The number of hydrogen-bond acceptors (Lipinski definition) is 3. The number of carbonyl (C=O) groups is 2. The lowest BCUT2D eigenvalue weighted by Crippen LogP contribution is -2.33. The van der Waals surface area contributed by atoms with Crippen molar-refractivity contribution in [2.45, 2.75) is 52.6 Å². The van der Waals surface area contributed by atoms with Gasteiger partial charge in [0.25, 0.3) is 5.97 Å². The first-order valence-corrected chi connectivity index (χ1v) is 5.49. The van der Waals surface area contributed by atoms with E-state index >= 15 is 0 Å². The number of aliphatic hydroxyl groups is 1. The molecule has 0 spiro atoms. The van der Waals surface area contributed by atoms with Gasteiger partial charge in [-0.2, -0.15) is 0 Å². The Bertz CT molecular complexity index is 202. The lowest BCUT2D eigenvalue weighted by atomic mass is 9.97. The average Bonchev–Trinajstić information content (AvgIpc) is 2.15. The Morgan fingerprint density at radius 3 is 2.06 bits per heavy atom. The highest BCUT2D eigenvalue weighted by Gasteiger charge is 2.18. The molecule has 4 N–H and O–H groups in total. The lowest BCUT2D eigenvalue weighted by Gasteiger charge is -2.14. The summed E-state index contributed by atoms with van der Waals surface area (Å²) in [4.78, 5) is 19.5. The average molecular weight is 233 g/mol. The number of carbonyl (C=O) groups excluding carboxylic acids is 1. The first-order chi connectivity index (χ1) is 7.32. The van der Waals surface area contributed by atoms with Gasteiger partial charge in [-0.15, -0.1) is 0 Å². The summed E-state index contributed by atoms with van der Waals surface area (Å²) in [6, 6.07) is 0. The highest BCUT2D eigenvalue weighted by molar-refractivity contribution is 5.78. The molecular formula is C11H23NO4. The fraction of sp³-hybridized carbons (Fsp3) is 0.818. The van der Waals surface area contributed by atoms with Crippen molar-refractivity contribution in [3.8, 4) is 0 Å². The Hall–Kier alpha value is -1.10. The number of amides is 1. The van der Waals surface area contributed by atoms with E-state index in [1.807, 2.05) is 6.92 Å². The molecule has 0 rings (SSSR count). The van der Waals surface area contributed by atoms with E-state index in [0.29, 0.717) is 0 Å². The Balaban J connectivity index is 0. The molecule has 0 aliphatic rings. The molecule has 1 amide bonds. The van der Waals surface area contributed by atoms with Gasteiger partial charge in [0.15, 0.2) is 0 Å². The van der Waals surface area contributed by atoms with Gasteiger partial charge in [-0.1, -0.05) is 33.1 Å². The van der Waals surface area contributed by atoms with Crippen molar-refractivity contribution >= 4 is 11.9 Å². The molecule has 0 radical (unpaired) electrons. The topological polar surface area (TPSA) is 101 Å². The maximum Gasteiger partial charge on any atom is 0.300 e. The van der Waals surface area contributed by atoms with Crippen LogP contribution in [0.25, 0.3) is 0 Å². The van der Waals surface area contributed by atoms with Crippen LogP contribution in [0.4, 0.5) is 0 Å². The smallest absolute Gasteiger partial charge is 0.300 e. The molecule has 2 atom stereocenters. The minimum atomic E-state index is -0.971. The number of hydrogen-bond donors (Lipinski definition) is 3. The summed E-state index contributed by atoms with van der Waals surface area (Å²) in [6.07, 6.45) is 3.26. The van der Waals surface area contributed by atoms with Crippen molar-refractivity contribution in [3.63, 3.8) is 0 Å². The Kier molecular flexibility index (Phi) is 11.3. The number of primary amides is 1. The van der Waals surface area contributed by atoms with Gasteiger partial charge in [-0.25, -0.2) is 0 Å². The zero-order chi connectivity index (χ0) is 13.1. The molecule has 5 nitrogen and oxygen atoms in total. The van der Waals surface area contributed by atoms with E-state index in [1.54, 1.807) is 0 Å². The third kappa shape index (κ3) is 12.9. The zero-order valence-corrected chi connectivity index (χ0v) is 10.3. The fourth-order valence-electron chi connectivity index (χ4n) is 1.15. The van der Waals surface area contributed by atoms with Crippen LogP contribution in [0.1, 0.15) is 46.5 Å². The van der Waals surface area contributed by atoms with Gasteiger partial charge in [0.2, 0.25) is 5.91 Å². The van der Waals surface area contributed by atoms with Crippen LogP contribution in [0.15, 0.2) is 0 Å². The molecule has 16 heavy (non-hydrogen) atoms. The fourth-order valence-corrected chi connectivity index (χ4v) is 1.15. The molecule has 0 saturated carbocycles. The van der Waals surface area contributed by atoms with E-state index in [2.05, 4.69) is 6.92 Å². The molecule has 0 bridgehead atoms. The summed E-state index contributed by atoms with van der Waals surface area (Å²) < 4.78 is 0. The minimum Gasteiger partial charge on any atom is -0.481 e. The van der Waals surface area contributed by atoms with Gasteiger partial charge in [-0.05, 0) is 12.3 Å². The van der Waals surface area contributed by atoms with Gasteiger partial charge in [0, 0.05) is 6.92 Å². The molecule has 5 heteroatoms. The molecule has 0 aliphatic carbocycles. The van der Waals surface area contributed by atoms with Crippen LogP contribution in [0, 0.1) is 5.92 Å². The number of rotatable bonds is 6. The number of nitrogens with two attached hydrogens (primary N) is 1. The van der Waals surface area contributed by atoms with E-state index in [4.69, 9.17) is 15.6 Å². The second kappa shape index (κ2) is 10.4. The summed E-state index contributed by atoms with van der Waals surface area (Å²) >= 11 is 0. The number of carboxylic acid groups (broad SMARTS) is 1. The predicted molar refractivity (Wildman–Crippen MR) is 61.8 cm³/mol. The van der Waals surface area contributed by atoms with E-state index in [9.17, 15) is 9.90 Å². The van der Waals surface area contributed by atoms with Crippen LogP contribution in [-0.2, 0) is 9.59 Å². The molecule has 0 aliphatic heterocycles. The molecule has 0 fully saturated rings. The number of aliphatic carboxylic acids is 1. The minimum absolute atomic E-state index is 0.00551. The molecule has 2 unspecified atom stereocenters. The van der Waals surface area contributed by atoms with Crippen molar-refractivity contribution in [2.24, 2.45) is 11.7 Å². The van der Waals surface area contributed by atoms with Crippen LogP contribution in [0.5, 0.6) is 0 Å². The molecule has 0 aromatic carbocycles. The second-order valence-electron chi connectivity index (χ2n) is 3.84. The normalized spacial score (nSPS) is 13.2. The van der Waals surface area contributed by atoms with Crippen molar-refractivity contribution in [1.82, 2.24) is 0 Å². The summed E-state index contributed by atoms with van der Waals surface area (Å²) in [6.45, 7) is 5.06. The summed E-state index contributed by atoms with van der Waals surface area (Å²) in [7, 11) is 0. The van der Waals surface area contributed by atoms with Crippen molar-refractivity contribution in [3.05, 3.63) is 0 Å². The molecule has 0 heterocycles. The number of aliphatic hydroxyl groups excluding tert-OH is 1. The van der Waals surface area contributed by atoms with Crippen molar-refractivity contribution in [2.75, 3.05) is 0 Å². The van der Waals surface area contributed by atoms with Gasteiger partial charge >= 0.3 is 0 Å². The molecule has 0 saturated heterocycles. The Morgan fingerprint density at radius 2 is 1.75 bits per heavy atom. The third-order valence-corrected chi connectivity index (χ3v) is 2.09. The lowest BCUT2D eigenvalue weighted by molar-refractivity contribution is -0.134. The van der Waals surface area contributed by atoms with Gasteiger partial charge in [-0.3, -0.25) is 9.59 Å². The van der Waals surface area contributed by atoms with E-state index in [-0.39, 0.29) is 5.92 Å². The highest BCUT2D eigenvalue weighted by Crippen LogP contribution is 2.12. The van der Waals surface area contributed by atoms with Gasteiger partial charge < -0.3 is 15.9 Å². The zero-order valence-electron chi connectivity index (χ0n) is 10.3. The van der Waals surface area contributed by atoms with Crippen LogP contribution in [-0.4, -0.2) is 28.2 Å². The van der Waals surface area contributed by atoms with E-state index < -0.39 is 18.0 Å². The number of unbranched alkanes of at least 4 members (excludes halogenated alkanes) is 2. The van der Waals surface area contributed by atoms with E-state index in [1.165, 1.54) is 0 Å².